The van der Waals surface area contributed by atoms with Crippen LogP contribution in [-0.2, 0) is 14.6 Å². The second-order valence-corrected chi connectivity index (χ2v) is 9.19. The smallest absolute Gasteiger partial charge is 0.219 e. The van der Waals surface area contributed by atoms with E-state index in [1.165, 1.54) is 12.1 Å². The second-order valence-electron chi connectivity index (χ2n) is 6.98. The van der Waals surface area contributed by atoms with Gasteiger partial charge in [0.15, 0.2) is 5.82 Å². The van der Waals surface area contributed by atoms with Crippen molar-refractivity contribution >= 4 is 32.2 Å². The van der Waals surface area contributed by atoms with Gasteiger partial charge in [-0.2, -0.15) is 5.10 Å². The van der Waals surface area contributed by atoms with Crippen LogP contribution in [0.1, 0.15) is 24.1 Å². The summed E-state index contributed by atoms with van der Waals surface area (Å²) in [6, 6.07) is 6.22. The minimum absolute atomic E-state index is 0.0598. The van der Waals surface area contributed by atoms with Crippen LogP contribution in [0.25, 0.3) is 10.9 Å². The molecule has 0 radical (unpaired) electrons. The first-order chi connectivity index (χ1) is 13.3. The average molecular weight is 404 g/mol. The molecule has 3 aromatic rings. The predicted octanol–water partition coefficient (Wildman–Crippen LogP) is 3.57. The molecule has 9 heteroatoms. The van der Waals surface area contributed by atoms with E-state index in [1.54, 1.807) is 18.3 Å². The molecule has 2 aromatic heterocycles. The highest BCUT2D eigenvalue weighted by molar-refractivity contribution is 7.92. The van der Waals surface area contributed by atoms with Gasteiger partial charge < -0.3 is 10.1 Å². The minimum Gasteiger partial charge on any atom is -0.381 e. The van der Waals surface area contributed by atoms with Crippen molar-refractivity contribution in [3.8, 4) is 0 Å². The number of anilines is 2. The molecule has 28 heavy (non-hydrogen) atoms. The van der Waals surface area contributed by atoms with Gasteiger partial charge in [0, 0.05) is 35.7 Å². The first-order valence-corrected chi connectivity index (χ1v) is 10.5. The molecule has 1 aliphatic rings. The van der Waals surface area contributed by atoms with Crippen LogP contribution in [0, 0.1) is 13.8 Å². The lowest BCUT2D eigenvalue weighted by molar-refractivity contribution is 0.0323. The molecule has 0 unspecified atom stereocenters. The SMILES string of the molecule is Cc1[nH]nc(Nc2ccnc3ccc(S(=O)(=O)C4(F)CCOCC4)cc23)c1C. The summed E-state index contributed by atoms with van der Waals surface area (Å²) in [6.07, 6.45) is 1.29. The number of ether oxygens (including phenoxy) is 1. The van der Waals surface area contributed by atoms with Crippen molar-refractivity contribution in [2.45, 2.75) is 36.6 Å². The molecule has 1 aliphatic heterocycles. The molecular formula is C19H21FN4O3S. The Morgan fingerprint density at radius 1 is 1.21 bits per heavy atom. The maximum absolute atomic E-state index is 15.2. The fraction of sp³-hybridized carbons (Fsp3) is 0.368. The number of nitrogens with one attached hydrogen (secondary N) is 2. The lowest BCUT2D eigenvalue weighted by Gasteiger charge is -2.29. The Balaban J connectivity index is 1.79. The first-order valence-electron chi connectivity index (χ1n) is 9.00. The van der Waals surface area contributed by atoms with Gasteiger partial charge in [-0.1, -0.05) is 0 Å². The Morgan fingerprint density at radius 3 is 2.64 bits per heavy atom. The van der Waals surface area contributed by atoms with Gasteiger partial charge in [0.05, 0.1) is 29.3 Å². The van der Waals surface area contributed by atoms with Gasteiger partial charge >= 0.3 is 0 Å². The molecule has 4 rings (SSSR count). The number of halogens is 1. The van der Waals surface area contributed by atoms with E-state index in [9.17, 15) is 8.42 Å². The Hall–Kier alpha value is -2.52. The predicted molar refractivity (Wildman–Crippen MR) is 104 cm³/mol. The number of rotatable bonds is 4. The topological polar surface area (TPSA) is 97.0 Å². The molecule has 0 amide bonds. The van der Waals surface area contributed by atoms with Crippen LogP contribution < -0.4 is 5.32 Å². The van der Waals surface area contributed by atoms with Crippen LogP contribution in [-0.4, -0.2) is 41.8 Å². The molecular weight excluding hydrogens is 383 g/mol. The summed E-state index contributed by atoms with van der Waals surface area (Å²) in [7, 11) is -4.17. The number of alkyl halides is 1. The molecule has 3 heterocycles. The molecule has 2 N–H and O–H groups in total. The molecule has 148 valence electrons. The second kappa shape index (κ2) is 6.82. The molecule has 7 nitrogen and oxygen atoms in total. The number of aromatic amines is 1. The molecule has 0 saturated carbocycles. The summed E-state index contributed by atoms with van der Waals surface area (Å²) in [5, 5.41) is 8.61. The fourth-order valence-electron chi connectivity index (χ4n) is 3.29. The fourth-order valence-corrected chi connectivity index (χ4v) is 4.94. The number of fused-ring (bicyclic) bond motifs is 1. The Morgan fingerprint density at radius 2 is 1.96 bits per heavy atom. The van der Waals surface area contributed by atoms with Crippen LogP contribution in [0.5, 0.6) is 0 Å². The van der Waals surface area contributed by atoms with Crippen molar-refractivity contribution < 1.29 is 17.5 Å². The van der Waals surface area contributed by atoms with E-state index in [-0.39, 0.29) is 31.0 Å². The largest absolute Gasteiger partial charge is 0.381 e. The summed E-state index contributed by atoms with van der Waals surface area (Å²) in [5.41, 5.74) is 3.15. The van der Waals surface area contributed by atoms with E-state index in [2.05, 4.69) is 20.5 Å². The molecule has 0 atom stereocenters. The van der Waals surface area contributed by atoms with Gasteiger partial charge in [-0.25, -0.2) is 12.8 Å². The normalized spacial score (nSPS) is 17.0. The van der Waals surface area contributed by atoms with Gasteiger partial charge in [-0.15, -0.1) is 0 Å². The molecule has 1 fully saturated rings. The average Bonchev–Trinajstić information content (AvgIpc) is 3.00. The van der Waals surface area contributed by atoms with Crippen molar-refractivity contribution in [1.29, 1.82) is 0 Å². The van der Waals surface area contributed by atoms with E-state index in [1.807, 2.05) is 13.8 Å². The van der Waals surface area contributed by atoms with Crippen molar-refractivity contribution in [2.24, 2.45) is 0 Å². The molecule has 1 aromatic carbocycles. The summed E-state index contributed by atoms with van der Waals surface area (Å²) >= 11 is 0. The molecule has 1 saturated heterocycles. The third kappa shape index (κ3) is 3.04. The molecule has 0 aliphatic carbocycles. The summed E-state index contributed by atoms with van der Waals surface area (Å²) < 4.78 is 46.3. The monoisotopic (exact) mass is 404 g/mol. The van der Waals surface area contributed by atoms with Gasteiger partial charge in [0.2, 0.25) is 14.8 Å². The maximum Gasteiger partial charge on any atom is 0.219 e. The first kappa shape index (κ1) is 18.8. The number of H-pyrrole nitrogens is 1. The van der Waals surface area contributed by atoms with Crippen molar-refractivity contribution in [3.05, 3.63) is 41.7 Å². The maximum atomic E-state index is 15.2. The van der Waals surface area contributed by atoms with Gasteiger partial charge in [0.25, 0.3) is 0 Å². The van der Waals surface area contributed by atoms with Crippen LogP contribution >= 0.6 is 0 Å². The van der Waals surface area contributed by atoms with E-state index in [0.717, 1.165) is 11.3 Å². The molecule has 0 bridgehead atoms. The van der Waals surface area contributed by atoms with Crippen LogP contribution in [0.2, 0.25) is 0 Å². The minimum atomic E-state index is -4.17. The number of pyridine rings is 1. The zero-order valence-electron chi connectivity index (χ0n) is 15.6. The highest BCUT2D eigenvalue weighted by atomic mass is 32.2. The quantitative estimate of drug-likeness (QED) is 0.690. The van der Waals surface area contributed by atoms with Crippen molar-refractivity contribution in [2.75, 3.05) is 18.5 Å². The summed E-state index contributed by atoms with van der Waals surface area (Å²) in [5.74, 6) is 0.643. The van der Waals surface area contributed by atoms with Crippen LogP contribution in [0.3, 0.4) is 0 Å². The number of benzene rings is 1. The highest BCUT2D eigenvalue weighted by Crippen LogP contribution is 2.38. The number of hydrogen-bond acceptors (Lipinski definition) is 6. The number of nitrogens with zero attached hydrogens (tertiary/aromatic N) is 2. The number of hydrogen-bond donors (Lipinski definition) is 2. The standard InChI is InChI=1S/C19H21FN4O3S/c1-12-13(2)23-24-18(12)22-17-5-8-21-16-4-3-14(11-15(16)17)28(25,26)19(20)6-9-27-10-7-19/h3-5,8,11H,6-7,9-10H2,1-2H3,(H2,21,22,23,24). The van der Waals surface area contributed by atoms with Gasteiger partial charge in [-0.3, -0.25) is 10.1 Å². The van der Waals surface area contributed by atoms with E-state index < -0.39 is 14.8 Å². The summed E-state index contributed by atoms with van der Waals surface area (Å²) in [4.78, 5) is 4.23. The van der Waals surface area contributed by atoms with E-state index >= 15 is 4.39 Å². The number of aromatic nitrogens is 3. The van der Waals surface area contributed by atoms with Crippen LogP contribution in [0.4, 0.5) is 15.9 Å². The Labute approximate surface area is 162 Å². The highest BCUT2D eigenvalue weighted by Gasteiger charge is 2.46. The lowest BCUT2D eigenvalue weighted by Crippen LogP contribution is -2.39. The van der Waals surface area contributed by atoms with E-state index in [0.29, 0.717) is 22.4 Å². The third-order valence-electron chi connectivity index (χ3n) is 5.25. The Bertz CT molecular complexity index is 1140. The van der Waals surface area contributed by atoms with Gasteiger partial charge in [0.1, 0.15) is 0 Å². The molecule has 0 spiro atoms. The van der Waals surface area contributed by atoms with Gasteiger partial charge in [-0.05, 0) is 38.1 Å². The Kier molecular flexibility index (Phi) is 4.59. The third-order valence-corrected chi connectivity index (χ3v) is 7.50. The zero-order valence-corrected chi connectivity index (χ0v) is 16.4. The summed E-state index contributed by atoms with van der Waals surface area (Å²) in [6.45, 7) is 4.03. The van der Waals surface area contributed by atoms with Crippen molar-refractivity contribution in [3.63, 3.8) is 0 Å². The lowest BCUT2D eigenvalue weighted by atomic mass is 10.2. The number of sulfone groups is 1. The van der Waals surface area contributed by atoms with E-state index in [4.69, 9.17) is 4.74 Å². The zero-order chi connectivity index (χ0) is 19.9. The number of aryl methyl sites for hydroxylation is 1. The van der Waals surface area contributed by atoms with Crippen LogP contribution in [0.15, 0.2) is 35.4 Å². The van der Waals surface area contributed by atoms with Crippen molar-refractivity contribution in [1.82, 2.24) is 15.2 Å².